The van der Waals surface area contributed by atoms with Gasteiger partial charge in [-0.05, 0) is 213 Å². The Bertz CT molecular complexity index is 5230. The summed E-state index contributed by atoms with van der Waals surface area (Å²) >= 11 is 0. The van der Waals surface area contributed by atoms with Gasteiger partial charge in [0.1, 0.15) is 0 Å². The third-order valence-electron chi connectivity index (χ3n) is 19.7. The topological polar surface area (TPSA) is 0 Å². The van der Waals surface area contributed by atoms with E-state index >= 15 is 0 Å². The Morgan fingerprint density at radius 1 is 0.0900 bits per heavy atom. The first-order valence-electron chi connectivity index (χ1n) is 34.5. The molecule has 0 aliphatic heterocycles. The van der Waals surface area contributed by atoms with Crippen molar-refractivity contribution in [1.29, 1.82) is 0 Å². The summed E-state index contributed by atoms with van der Waals surface area (Å²) in [4.78, 5) is 0. The fraction of sp³-hybridized carbons (Fsp3) is 0. The van der Waals surface area contributed by atoms with Gasteiger partial charge in [0.2, 0.25) is 0 Å². The molecule has 0 unspecified atom stereocenters. The predicted molar refractivity (Wildman–Crippen MR) is 428 cm³/mol. The van der Waals surface area contributed by atoms with Crippen LogP contribution in [0.25, 0.3) is 177 Å². The van der Waals surface area contributed by atoms with E-state index in [9.17, 15) is 0 Å². The van der Waals surface area contributed by atoms with E-state index in [1.165, 1.54) is 177 Å². The summed E-state index contributed by atoms with van der Waals surface area (Å²) in [6.07, 6.45) is 0. The zero-order valence-electron chi connectivity index (χ0n) is 55.3. The highest BCUT2D eigenvalue weighted by molar-refractivity contribution is 6.26. The second kappa shape index (κ2) is 27.3. The molecule has 0 aliphatic carbocycles. The maximum Gasteiger partial charge on any atom is -0.00139 e. The molecule has 0 saturated carbocycles. The summed E-state index contributed by atoms with van der Waals surface area (Å²) in [5.41, 5.74) is 29.4. The first-order chi connectivity index (χ1) is 49.7. The lowest BCUT2D eigenvalue weighted by atomic mass is 9.78. The Morgan fingerprint density at radius 3 is 0.450 bits per heavy atom. The molecular weight excluding hydrogens is 1200 g/mol. The van der Waals surface area contributed by atoms with Crippen molar-refractivity contribution in [2.75, 3.05) is 0 Å². The fourth-order valence-corrected chi connectivity index (χ4v) is 15.2. The van der Waals surface area contributed by atoms with Crippen LogP contribution in [0.5, 0.6) is 0 Å². The van der Waals surface area contributed by atoms with Crippen molar-refractivity contribution >= 4 is 43.1 Å². The molecule has 18 aromatic rings. The molecule has 0 bridgehead atoms. The van der Waals surface area contributed by atoms with Crippen LogP contribution in [0.15, 0.2) is 413 Å². The monoisotopic (exact) mass is 1270 g/mol. The SMILES string of the molecule is c1ccc(-c2cc(-c3ccccc3)cc(-c3c4ccccc4c(-c4cc(-c5ccccc5)cc(-c5ccccc5)c4)c4ccccc34)c2)cc1.c1ccc(-c2cccc(-c3ccccc3)c2-c2c3ccccc3c(-c3c(-c4ccccc4)cccc3-c3ccccc3)c3ccccc23)cc1. The van der Waals surface area contributed by atoms with Gasteiger partial charge in [-0.1, -0.05) is 376 Å². The molecule has 18 rings (SSSR count). The van der Waals surface area contributed by atoms with Crippen LogP contribution in [-0.4, -0.2) is 0 Å². The highest BCUT2D eigenvalue weighted by atomic mass is 14.3. The number of hydrogen-bond acceptors (Lipinski definition) is 0. The van der Waals surface area contributed by atoms with Gasteiger partial charge >= 0.3 is 0 Å². The maximum absolute atomic E-state index is 2.37. The van der Waals surface area contributed by atoms with E-state index in [0.29, 0.717) is 0 Å². The van der Waals surface area contributed by atoms with Crippen LogP contribution in [0, 0.1) is 0 Å². The molecule has 100 heavy (non-hydrogen) atoms. The van der Waals surface area contributed by atoms with Crippen molar-refractivity contribution < 1.29 is 0 Å². The van der Waals surface area contributed by atoms with Gasteiger partial charge in [0, 0.05) is 0 Å². The summed E-state index contributed by atoms with van der Waals surface area (Å²) in [5.74, 6) is 0. The van der Waals surface area contributed by atoms with E-state index in [1.54, 1.807) is 0 Å². The minimum absolute atomic E-state index is 1.21. The second-order valence-corrected chi connectivity index (χ2v) is 25.7. The molecule has 0 aromatic heterocycles. The number of fused-ring (bicyclic) bond motifs is 4. The summed E-state index contributed by atoms with van der Waals surface area (Å²) in [5, 5.41) is 9.95. The molecule has 0 heteroatoms. The van der Waals surface area contributed by atoms with Crippen molar-refractivity contribution in [1.82, 2.24) is 0 Å². The fourth-order valence-electron chi connectivity index (χ4n) is 15.2. The zero-order valence-corrected chi connectivity index (χ0v) is 55.3. The van der Waals surface area contributed by atoms with E-state index in [-0.39, 0.29) is 0 Å². The average molecular weight is 1270 g/mol. The van der Waals surface area contributed by atoms with Crippen LogP contribution in [0.2, 0.25) is 0 Å². The predicted octanol–water partition coefficient (Wildman–Crippen LogP) is 28.0. The summed E-state index contributed by atoms with van der Waals surface area (Å²) in [6, 6.07) is 150. The molecule has 18 aromatic carbocycles. The van der Waals surface area contributed by atoms with Crippen LogP contribution in [0.1, 0.15) is 0 Å². The molecule has 0 fully saturated rings. The molecular formula is C100H68. The van der Waals surface area contributed by atoms with Crippen LogP contribution >= 0.6 is 0 Å². The van der Waals surface area contributed by atoms with Crippen molar-refractivity contribution in [2.24, 2.45) is 0 Å². The summed E-state index contributed by atoms with van der Waals surface area (Å²) < 4.78 is 0. The molecule has 0 radical (unpaired) electrons. The maximum atomic E-state index is 2.37. The average Bonchev–Trinajstić information content (AvgIpc) is 0.725. The van der Waals surface area contributed by atoms with Gasteiger partial charge in [-0.15, -0.1) is 0 Å². The molecule has 0 saturated heterocycles. The molecule has 0 aliphatic rings. The Hall–Kier alpha value is -13.0. The van der Waals surface area contributed by atoms with Gasteiger partial charge in [-0.2, -0.15) is 0 Å². The summed E-state index contributed by atoms with van der Waals surface area (Å²) in [6.45, 7) is 0. The largest absolute Gasteiger partial charge is 0.0622 e. The highest BCUT2D eigenvalue weighted by Gasteiger charge is 2.26. The van der Waals surface area contributed by atoms with Crippen LogP contribution in [0.3, 0.4) is 0 Å². The van der Waals surface area contributed by atoms with E-state index in [0.717, 1.165) is 0 Å². The number of rotatable bonds is 12. The van der Waals surface area contributed by atoms with Crippen molar-refractivity contribution in [3.8, 4) is 134 Å². The van der Waals surface area contributed by atoms with Gasteiger partial charge in [0.25, 0.3) is 0 Å². The van der Waals surface area contributed by atoms with Gasteiger partial charge < -0.3 is 0 Å². The molecule has 0 atom stereocenters. The lowest BCUT2D eigenvalue weighted by molar-refractivity contribution is 1.57. The molecule has 0 amide bonds. The third kappa shape index (κ3) is 11.6. The van der Waals surface area contributed by atoms with E-state index < -0.39 is 0 Å². The van der Waals surface area contributed by atoms with Gasteiger partial charge in [0.15, 0.2) is 0 Å². The molecule has 0 spiro atoms. The van der Waals surface area contributed by atoms with Crippen LogP contribution in [0.4, 0.5) is 0 Å². The third-order valence-corrected chi connectivity index (χ3v) is 19.7. The molecule has 0 heterocycles. The van der Waals surface area contributed by atoms with Crippen LogP contribution in [-0.2, 0) is 0 Å². The highest BCUT2D eigenvalue weighted by Crippen LogP contribution is 2.53. The minimum atomic E-state index is 1.21. The molecule has 0 nitrogen and oxygen atoms in total. The smallest absolute Gasteiger partial charge is 0.00139 e. The first-order valence-corrected chi connectivity index (χ1v) is 34.5. The van der Waals surface area contributed by atoms with Crippen molar-refractivity contribution in [3.63, 3.8) is 0 Å². The quantitative estimate of drug-likeness (QED) is 0.107. The first kappa shape index (κ1) is 60.7. The van der Waals surface area contributed by atoms with Gasteiger partial charge in [-0.25, -0.2) is 0 Å². The minimum Gasteiger partial charge on any atom is -0.0622 e. The number of hydrogen-bond donors (Lipinski definition) is 0. The standard InChI is InChI=1S/2C50H34/c1-5-19-35(20-6-1)39-31-17-32-40(36-21-7-2-8-22-36)47(39)49-43-27-13-15-29-45(43)50(46-30-16-14-28-44(46)49)48-41(37-23-9-3-10-24-37)33-18-34-42(48)38-25-11-4-12-26-38;1-5-17-35(18-6-1)39-29-40(36-19-7-2-8-20-36)32-43(31-39)49-45-25-13-15-27-47(45)50(48-28-16-14-26-46(48)49)44-33-41(37-21-9-3-10-22-37)30-42(34-44)38-23-11-4-12-24-38/h2*1-34H. The van der Waals surface area contributed by atoms with Gasteiger partial charge in [0.05, 0.1) is 0 Å². The lowest BCUT2D eigenvalue weighted by Gasteiger charge is -2.24. The van der Waals surface area contributed by atoms with E-state index in [4.69, 9.17) is 0 Å². The van der Waals surface area contributed by atoms with E-state index in [1.807, 2.05) is 0 Å². The Morgan fingerprint density at radius 2 is 0.250 bits per heavy atom. The van der Waals surface area contributed by atoms with E-state index in [2.05, 4.69) is 413 Å². The van der Waals surface area contributed by atoms with Crippen LogP contribution < -0.4 is 0 Å². The zero-order chi connectivity index (χ0) is 66.6. The number of benzene rings is 18. The lowest BCUT2D eigenvalue weighted by Crippen LogP contribution is -1.97. The molecule has 0 N–H and O–H groups in total. The second-order valence-electron chi connectivity index (χ2n) is 25.7. The molecule has 468 valence electrons. The Labute approximate surface area is 585 Å². The summed E-state index contributed by atoms with van der Waals surface area (Å²) in [7, 11) is 0. The Balaban J connectivity index is 0.000000150. The van der Waals surface area contributed by atoms with Crippen molar-refractivity contribution in [2.45, 2.75) is 0 Å². The van der Waals surface area contributed by atoms with Gasteiger partial charge in [-0.3, -0.25) is 0 Å². The normalized spacial score (nSPS) is 11.2. The van der Waals surface area contributed by atoms with Crippen molar-refractivity contribution in [3.05, 3.63) is 413 Å². The Kier molecular flexibility index (Phi) is 16.5.